The van der Waals surface area contributed by atoms with Crippen LogP contribution in [0.2, 0.25) is 0 Å². The molecule has 2 atom stereocenters. The van der Waals surface area contributed by atoms with E-state index in [0.29, 0.717) is 6.42 Å². The van der Waals surface area contributed by atoms with Crippen molar-refractivity contribution in [2.24, 2.45) is 0 Å². The van der Waals surface area contributed by atoms with Crippen molar-refractivity contribution in [1.29, 1.82) is 0 Å². The van der Waals surface area contributed by atoms with Gasteiger partial charge in [0.25, 0.3) is 0 Å². The molecule has 15 heavy (non-hydrogen) atoms. The Morgan fingerprint density at radius 1 is 1.40 bits per heavy atom. The number of hydrogen-bond donors (Lipinski definition) is 1. The van der Waals surface area contributed by atoms with Crippen molar-refractivity contribution in [3.63, 3.8) is 0 Å². The van der Waals surface area contributed by atoms with Gasteiger partial charge in [0.15, 0.2) is 0 Å². The molecule has 0 spiro atoms. The maximum Gasteiger partial charge on any atom is 0.306 e. The van der Waals surface area contributed by atoms with Crippen molar-refractivity contribution >= 4 is 5.97 Å². The molecule has 0 aromatic heterocycles. The van der Waals surface area contributed by atoms with E-state index < -0.39 is 0 Å². The van der Waals surface area contributed by atoms with Gasteiger partial charge in [0.1, 0.15) is 0 Å². The van der Waals surface area contributed by atoms with Crippen LogP contribution in [0.3, 0.4) is 0 Å². The van der Waals surface area contributed by atoms with Crippen molar-refractivity contribution in [3.05, 3.63) is 35.9 Å². The summed E-state index contributed by atoms with van der Waals surface area (Å²) < 4.78 is 4.69. The lowest BCUT2D eigenvalue weighted by atomic mass is 9.90. The third-order valence-corrected chi connectivity index (χ3v) is 2.53. The van der Waals surface area contributed by atoms with Crippen LogP contribution in [0, 0.1) is 0 Å². The fraction of sp³-hybridized carbons (Fsp3) is 0.417. The molecule has 0 saturated heterocycles. The molecule has 3 heteroatoms. The van der Waals surface area contributed by atoms with Crippen LogP contribution in [0.25, 0.3) is 0 Å². The number of carbonyl (C=O) groups is 1. The van der Waals surface area contributed by atoms with Crippen LogP contribution in [-0.2, 0) is 9.53 Å². The summed E-state index contributed by atoms with van der Waals surface area (Å²) in [6.45, 7) is 2.01. The van der Waals surface area contributed by atoms with E-state index in [-0.39, 0.29) is 17.9 Å². The molecular formula is C12H18NO2+. The number of esters is 1. The first-order valence-electron chi connectivity index (χ1n) is 5.10. The number of methoxy groups -OCH3 is 1. The van der Waals surface area contributed by atoms with Gasteiger partial charge in [-0.1, -0.05) is 30.3 Å². The maximum absolute atomic E-state index is 11.2. The number of hydrogen-bond acceptors (Lipinski definition) is 2. The molecule has 0 aliphatic heterocycles. The molecule has 1 aromatic rings. The molecule has 0 bridgehead atoms. The van der Waals surface area contributed by atoms with E-state index in [0.717, 1.165) is 5.56 Å². The minimum Gasteiger partial charge on any atom is -0.469 e. The third-order valence-electron chi connectivity index (χ3n) is 2.53. The van der Waals surface area contributed by atoms with Crippen LogP contribution < -0.4 is 5.73 Å². The Kier molecular flexibility index (Phi) is 4.31. The Bertz CT molecular complexity index is 309. The highest BCUT2D eigenvalue weighted by Crippen LogP contribution is 2.21. The molecule has 0 amide bonds. The number of carbonyl (C=O) groups excluding carboxylic acids is 1. The minimum atomic E-state index is -0.181. The van der Waals surface area contributed by atoms with Crippen LogP contribution in [0.15, 0.2) is 30.3 Å². The maximum atomic E-state index is 11.2. The van der Waals surface area contributed by atoms with Crippen molar-refractivity contribution < 1.29 is 15.3 Å². The minimum absolute atomic E-state index is 0.138. The van der Waals surface area contributed by atoms with Crippen LogP contribution >= 0.6 is 0 Å². The van der Waals surface area contributed by atoms with Gasteiger partial charge in [0, 0.05) is 5.92 Å². The summed E-state index contributed by atoms with van der Waals surface area (Å²) in [5, 5.41) is 0. The summed E-state index contributed by atoms with van der Waals surface area (Å²) in [4.78, 5) is 11.2. The van der Waals surface area contributed by atoms with E-state index in [4.69, 9.17) is 0 Å². The molecule has 0 radical (unpaired) electrons. The molecule has 0 aliphatic carbocycles. The van der Waals surface area contributed by atoms with Crippen LogP contribution in [-0.4, -0.2) is 19.1 Å². The van der Waals surface area contributed by atoms with Gasteiger partial charge in [-0.05, 0) is 12.5 Å². The second-order valence-electron chi connectivity index (χ2n) is 3.77. The Morgan fingerprint density at radius 2 is 2.00 bits per heavy atom. The van der Waals surface area contributed by atoms with E-state index >= 15 is 0 Å². The van der Waals surface area contributed by atoms with E-state index in [9.17, 15) is 4.79 Å². The molecule has 0 fully saturated rings. The van der Waals surface area contributed by atoms with Crippen molar-refractivity contribution in [1.82, 2.24) is 0 Å². The third kappa shape index (κ3) is 3.36. The molecular weight excluding hydrogens is 190 g/mol. The van der Waals surface area contributed by atoms with Crippen molar-refractivity contribution in [2.45, 2.75) is 25.3 Å². The molecule has 1 rings (SSSR count). The fourth-order valence-electron chi connectivity index (χ4n) is 1.61. The van der Waals surface area contributed by atoms with Gasteiger partial charge in [-0.25, -0.2) is 0 Å². The zero-order valence-corrected chi connectivity index (χ0v) is 9.27. The summed E-state index contributed by atoms with van der Waals surface area (Å²) >= 11 is 0. The van der Waals surface area contributed by atoms with Crippen LogP contribution in [0.1, 0.15) is 24.8 Å². The Labute approximate surface area is 90.2 Å². The second-order valence-corrected chi connectivity index (χ2v) is 3.77. The number of rotatable bonds is 4. The van der Waals surface area contributed by atoms with E-state index in [1.165, 1.54) is 7.11 Å². The van der Waals surface area contributed by atoms with E-state index in [2.05, 4.69) is 10.5 Å². The molecule has 3 N–H and O–H groups in total. The quantitative estimate of drug-likeness (QED) is 0.749. The van der Waals surface area contributed by atoms with Gasteiger partial charge in [-0.2, -0.15) is 0 Å². The van der Waals surface area contributed by atoms with Crippen molar-refractivity contribution in [2.75, 3.05) is 7.11 Å². The van der Waals surface area contributed by atoms with Gasteiger partial charge in [0.2, 0.25) is 0 Å². The van der Waals surface area contributed by atoms with Gasteiger partial charge < -0.3 is 10.5 Å². The monoisotopic (exact) mass is 208 g/mol. The SMILES string of the molecule is COC(=O)C[C@@H](c1ccccc1)[C@H](C)[NH3+]. The van der Waals surface area contributed by atoms with E-state index in [1.807, 2.05) is 37.3 Å². The first-order valence-corrected chi connectivity index (χ1v) is 5.10. The first-order chi connectivity index (χ1) is 7.15. The molecule has 0 aliphatic rings. The fourth-order valence-corrected chi connectivity index (χ4v) is 1.61. The average Bonchev–Trinajstić information content (AvgIpc) is 2.26. The summed E-state index contributed by atoms with van der Waals surface area (Å²) in [6, 6.07) is 10.1. The topological polar surface area (TPSA) is 53.9 Å². The predicted molar refractivity (Wildman–Crippen MR) is 58.2 cm³/mol. The summed E-state index contributed by atoms with van der Waals surface area (Å²) in [5.41, 5.74) is 5.14. The summed E-state index contributed by atoms with van der Waals surface area (Å²) in [7, 11) is 1.41. The lowest BCUT2D eigenvalue weighted by molar-refractivity contribution is -0.419. The Morgan fingerprint density at radius 3 is 2.47 bits per heavy atom. The average molecular weight is 208 g/mol. The number of quaternary nitrogens is 1. The number of benzene rings is 1. The smallest absolute Gasteiger partial charge is 0.306 e. The molecule has 0 saturated carbocycles. The zero-order valence-electron chi connectivity index (χ0n) is 9.27. The molecule has 0 heterocycles. The lowest BCUT2D eigenvalue weighted by Gasteiger charge is -2.17. The van der Waals surface area contributed by atoms with Crippen LogP contribution in [0.4, 0.5) is 0 Å². The first kappa shape index (κ1) is 11.7. The second kappa shape index (κ2) is 5.51. The lowest BCUT2D eigenvalue weighted by Crippen LogP contribution is -2.62. The Hall–Kier alpha value is -1.35. The largest absolute Gasteiger partial charge is 0.469 e. The standard InChI is InChI=1S/C12H17NO2/c1-9(13)11(8-12(14)15-2)10-6-4-3-5-7-10/h3-7,9,11H,8,13H2,1-2H3/p+1/t9-,11+/m0/s1. The normalized spacial score (nSPS) is 14.3. The van der Waals surface area contributed by atoms with Gasteiger partial charge in [-0.15, -0.1) is 0 Å². The summed E-state index contributed by atoms with van der Waals surface area (Å²) in [5.74, 6) is -0.0435. The zero-order chi connectivity index (χ0) is 11.3. The van der Waals surface area contributed by atoms with E-state index in [1.54, 1.807) is 0 Å². The highest BCUT2D eigenvalue weighted by molar-refractivity contribution is 5.70. The highest BCUT2D eigenvalue weighted by Gasteiger charge is 2.22. The van der Waals surface area contributed by atoms with Gasteiger partial charge in [0.05, 0.1) is 19.6 Å². The predicted octanol–water partition coefficient (Wildman–Crippen LogP) is 0.964. The summed E-state index contributed by atoms with van der Waals surface area (Å²) in [6.07, 6.45) is 0.394. The molecule has 0 unspecified atom stereocenters. The van der Waals surface area contributed by atoms with Crippen molar-refractivity contribution in [3.8, 4) is 0 Å². The van der Waals surface area contributed by atoms with Gasteiger partial charge in [-0.3, -0.25) is 4.79 Å². The van der Waals surface area contributed by atoms with Crippen LogP contribution in [0.5, 0.6) is 0 Å². The Balaban J connectivity index is 2.79. The highest BCUT2D eigenvalue weighted by atomic mass is 16.5. The molecule has 1 aromatic carbocycles. The molecule has 82 valence electrons. The molecule has 3 nitrogen and oxygen atoms in total. The number of ether oxygens (including phenoxy) is 1. The van der Waals surface area contributed by atoms with Gasteiger partial charge >= 0.3 is 5.97 Å².